The second kappa shape index (κ2) is 8.41. The Morgan fingerprint density at radius 3 is 2.68 bits per heavy atom. The van der Waals surface area contributed by atoms with Gasteiger partial charge in [0.1, 0.15) is 6.04 Å². The number of fused-ring (bicyclic) bond motifs is 1. The highest BCUT2D eigenvalue weighted by molar-refractivity contribution is 5.99. The number of carbonyl (C=O) groups excluding carboxylic acids is 3. The van der Waals surface area contributed by atoms with Crippen LogP contribution in [0.2, 0.25) is 0 Å². The highest BCUT2D eigenvalue weighted by atomic mass is 16.5. The molecule has 7 heteroatoms. The molecule has 0 spiro atoms. The van der Waals surface area contributed by atoms with Crippen molar-refractivity contribution in [1.82, 2.24) is 14.9 Å². The number of para-hydroxylation sites is 1. The fourth-order valence-electron chi connectivity index (χ4n) is 4.23. The van der Waals surface area contributed by atoms with Gasteiger partial charge in [-0.2, -0.15) is 0 Å². The lowest BCUT2D eigenvalue weighted by Gasteiger charge is -2.16. The van der Waals surface area contributed by atoms with Crippen LogP contribution < -0.4 is 5.32 Å². The normalized spacial score (nSPS) is 14.4. The van der Waals surface area contributed by atoms with E-state index in [1.54, 1.807) is 0 Å². The van der Waals surface area contributed by atoms with Crippen molar-refractivity contribution in [3.8, 4) is 0 Å². The van der Waals surface area contributed by atoms with Gasteiger partial charge in [-0.15, -0.1) is 0 Å². The van der Waals surface area contributed by atoms with Gasteiger partial charge in [-0.1, -0.05) is 18.2 Å². The van der Waals surface area contributed by atoms with Crippen molar-refractivity contribution in [2.45, 2.75) is 52.1 Å². The van der Waals surface area contributed by atoms with Crippen LogP contribution in [0.1, 0.15) is 53.1 Å². The number of ether oxygens (including phenoxy) is 1. The van der Waals surface area contributed by atoms with Crippen LogP contribution in [0.4, 0.5) is 0 Å². The Morgan fingerprint density at radius 2 is 1.97 bits per heavy atom. The number of H-pyrrole nitrogens is 1. The zero-order valence-electron chi connectivity index (χ0n) is 18.0. The average Bonchev–Trinajstić information content (AvgIpc) is 3.41. The topological polar surface area (TPSA) is 93.2 Å². The maximum atomic E-state index is 12.7. The summed E-state index contributed by atoms with van der Waals surface area (Å²) in [5, 5.41) is 3.63. The van der Waals surface area contributed by atoms with Crippen LogP contribution in [0.25, 0.3) is 10.9 Å². The fourth-order valence-corrected chi connectivity index (χ4v) is 4.23. The fraction of sp³-hybridized carbons (Fsp3) is 0.375. The van der Waals surface area contributed by atoms with Gasteiger partial charge in [0.15, 0.2) is 6.61 Å². The van der Waals surface area contributed by atoms with Gasteiger partial charge in [-0.05, 0) is 44.4 Å². The molecule has 1 unspecified atom stereocenters. The molecule has 1 saturated carbocycles. The van der Waals surface area contributed by atoms with E-state index in [2.05, 4.69) is 14.9 Å². The van der Waals surface area contributed by atoms with Gasteiger partial charge in [0.05, 0.1) is 0 Å². The van der Waals surface area contributed by atoms with E-state index in [-0.39, 0.29) is 24.7 Å². The van der Waals surface area contributed by atoms with Crippen LogP contribution in [0.15, 0.2) is 36.5 Å². The third kappa shape index (κ3) is 4.40. The van der Waals surface area contributed by atoms with Crippen LogP contribution in [0.3, 0.4) is 0 Å². The zero-order valence-corrected chi connectivity index (χ0v) is 18.0. The molecule has 7 nitrogen and oxygen atoms in total. The van der Waals surface area contributed by atoms with Crippen LogP contribution >= 0.6 is 0 Å². The number of benzene rings is 1. The summed E-state index contributed by atoms with van der Waals surface area (Å²) in [7, 11) is 0. The predicted molar refractivity (Wildman–Crippen MR) is 117 cm³/mol. The number of aromatic nitrogens is 2. The molecule has 2 N–H and O–H groups in total. The summed E-state index contributed by atoms with van der Waals surface area (Å²) in [6.07, 6.45) is 4.36. The number of hydrogen-bond acceptors (Lipinski definition) is 4. The predicted octanol–water partition coefficient (Wildman–Crippen LogP) is 3.39. The van der Waals surface area contributed by atoms with Crippen molar-refractivity contribution in [2.24, 2.45) is 0 Å². The van der Waals surface area contributed by atoms with Crippen molar-refractivity contribution in [2.75, 3.05) is 6.61 Å². The summed E-state index contributed by atoms with van der Waals surface area (Å²) >= 11 is 0. The number of hydrogen-bond donors (Lipinski definition) is 2. The minimum Gasteiger partial charge on any atom is -0.456 e. The van der Waals surface area contributed by atoms with E-state index in [0.29, 0.717) is 11.6 Å². The van der Waals surface area contributed by atoms with E-state index in [0.717, 1.165) is 40.7 Å². The number of amides is 1. The van der Waals surface area contributed by atoms with Crippen molar-refractivity contribution in [3.63, 3.8) is 0 Å². The summed E-state index contributed by atoms with van der Waals surface area (Å²) < 4.78 is 7.53. The minimum atomic E-state index is -0.872. The van der Waals surface area contributed by atoms with E-state index >= 15 is 0 Å². The molecule has 1 aromatic carbocycles. The molecular formula is C24H27N3O4. The molecule has 0 saturated heterocycles. The molecule has 1 atom stereocenters. The number of rotatable bonds is 8. The summed E-state index contributed by atoms with van der Waals surface area (Å²) in [4.78, 5) is 40.3. The second-order valence-electron chi connectivity index (χ2n) is 8.23. The number of esters is 1. The number of Topliss-reactive ketones (excluding diaryl/α,β-unsaturated/α-hetero) is 1. The van der Waals surface area contributed by atoms with Crippen LogP contribution in [-0.2, 0) is 20.7 Å². The smallest absolute Gasteiger partial charge is 0.329 e. The average molecular weight is 421 g/mol. The lowest BCUT2D eigenvalue weighted by molar-refractivity contribution is -0.146. The molecule has 2 aromatic heterocycles. The quantitative estimate of drug-likeness (QED) is 0.431. The van der Waals surface area contributed by atoms with Gasteiger partial charge in [-0.3, -0.25) is 9.59 Å². The Balaban J connectivity index is 1.45. The first-order valence-corrected chi connectivity index (χ1v) is 10.6. The monoisotopic (exact) mass is 421 g/mol. The zero-order chi connectivity index (χ0) is 22.1. The van der Waals surface area contributed by atoms with Gasteiger partial charge >= 0.3 is 5.97 Å². The van der Waals surface area contributed by atoms with Gasteiger partial charge in [0.25, 0.3) is 0 Å². The summed E-state index contributed by atoms with van der Waals surface area (Å²) in [6.45, 7) is 4.92. The molecule has 0 radical (unpaired) electrons. The van der Waals surface area contributed by atoms with E-state index in [1.165, 1.54) is 6.92 Å². The highest BCUT2D eigenvalue weighted by Gasteiger charge is 2.29. The molecule has 1 amide bonds. The van der Waals surface area contributed by atoms with Crippen LogP contribution in [-0.4, -0.2) is 39.9 Å². The maximum absolute atomic E-state index is 12.7. The SMILES string of the molecule is CC(=O)NC(Cc1c[nH]c2ccccc12)C(=O)OCC(=O)c1cc(C)n(C2CC2)c1C. The number of aromatic amines is 1. The number of nitrogens with one attached hydrogen (secondary N) is 2. The van der Waals surface area contributed by atoms with Crippen LogP contribution in [0.5, 0.6) is 0 Å². The van der Waals surface area contributed by atoms with Gasteiger partial charge in [0.2, 0.25) is 11.7 Å². The molecule has 2 heterocycles. The number of carbonyl (C=O) groups is 3. The lowest BCUT2D eigenvalue weighted by Crippen LogP contribution is -2.42. The number of ketones is 1. The summed E-state index contributed by atoms with van der Waals surface area (Å²) in [6, 6.07) is 9.21. The standard InChI is InChI=1S/C24H27N3O4/c1-14-10-20(15(2)27(14)18-8-9-18)23(29)13-31-24(30)22(26-16(3)28)11-17-12-25-21-7-5-4-6-19(17)21/h4-7,10,12,18,22,25H,8-9,11,13H2,1-3H3,(H,26,28). The van der Waals surface area contributed by atoms with Crippen molar-refractivity contribution in [1.29, 1.82) is 0 Å². The van der Waals surface area contributed by atoms with E-state index in [9.17, 15) is 14.4 Å². The molecule has 1 aliphatic carbocycles. The molecule has 0 bridgehead atoms. The Bertz CT molecular complexity index is 1150. The van der Waals surface area contributed by atoms with Crippen molar-refractivity contribution >= 4 is 28.6 Å². The molecular weight excluding hydrogens is 394 g/mol. The first kappa shape index (κ1) is 20.9. The second-order valence-corrected chi connectivity index (χ2v) is 8.23. The summed E-state index contributed by atoms with van der Waals surface area (Å²) in [5.74, 6) is -1.19. The minimum absolute atomic E-state index is 0.234. The van der Waals surface area contributed by atoms with Crippen LogP contribution in [0, 0.1) is 13.8 Å². The third-order valence-electron chi connectivity index (χ3n) is 5.80. The van der Waals surface area contributed by atoms with Gasteiger partial charge in [0, 0.05) is 53.4 Å². The molecule has 4 rings (SSSR count). The Hall–Kier alpha value is -3.35. The van der Waals surface area contributed by atoms with E-state index in [1.807, 2.05) is 50.4 Å². The first-order valence-electron chi connectivity index (χ1n) is 10.6. The van der Waals surface area contributed by atoms with Gasteiger partial charge in [-0.25, -0.2) is 4.79 Å². The summed E-state index contributed by atoms with van der Waals surface area (Å²) in [5.41, 5.74) is 4.40. The molecule has 162 valence electrons. The third-order valence-corrected chi connectivity index (χ3v) is 5.80. The lowest BCUT2D eigenvalue weighted by atomic mass is 10.0. The molecule has 31 heavy (non-hydrogen) atoms. The van der Waals surface area contributed by atoms with Crippen molar-refractivity contribution < 1.29 is 19.1 Å². The Kier molecular flexibility index (Phi) is 5.67. The Labute approximate surface area is 180 Å². The molecule has 1 aliphatic rings. The largest absolute Gasteiger partial charge is 0.456 e. The Morgan fingerprint density at radius 1 is 1.23 bits per heavy atom. The molecule has 0 aliphatic heterocycles. The highest BCUT2D eigenvalue weighted by Crippen LogP contribution is 2.38. The number of nitrogens with zero attached hydrogens (tertiary/aromatic N) is 1. The van der Waals surface area contributed by atoms with Gasteiger partial charge < -0.3 is 19.6 Å². The molecule has 1 fully saturated rings. The number of aryl methyl sites for hydroxylation is 1. The first-order chi connectivity index (χ1) is 14.8. The van der Waals surface area contributed by atoms with E-state index in [4.69, 9.17) is 4.74 Å². The molecule has 3 aromatic rings. The van der Waals surface area contributed by atoms with E-state index < -0.39 is 12.0 Å². The van der Waals surface area contributed by atoms with Crippen molar-refractivity contribution in [3.05, 3.63) is 59.0 Å². The maximum Gasteiger partial charge on any atom is 0.329 e.